The number of hydrogen-bond acceptors (Lipinski definition) is 3. The first-order valence-corrected chi connectivity index (χ1v) is 6.48. The van der Waals surface area contributed by atoms with Crippen LogP contribution in [0.15, 0.2) is 18.2 Å². The van der Waals surface area contributed by atoms with E-state index in [-0.39, 0.29) is 5.91 Å². The Labute approximate surface area is 113 Å². The van der Waals surface area contributed by atoms with Gasteiger partial charge >= 0.3 is 0 Å². The second-order valence-corrected chi connectivity index (χ2v) is 4.82. The van der Waals surface area contributed by atoms with Gasteiger partial charge in [-0.15, -0.1) is 0 Å². The van der Waals surface area contributed by atoms with Crippen molar-refractivity contribution in [3.63, 3.8) is 0 Å². The number of likely N-dealkylation sites (N-methyl/N-ethyl adjacent to an activating group) is 1. The summed E-state index contributed by atoms with van der Waals surface area (Å²) in [4.78, 5) is 15.8. The number of rotatable bonds is 3. The molecule has 0 aromatic heterocycles. The number of carbonyl (C=O) groups is 1. The van der Waals surface area contributed by atoms with E-state index in [0.717, 1.165) is 26.2 Å². The maximum Gasteiger partial charge on any atom is 0.258 e. The molecular formula is C14H21N2O3+. The summed E-state index contributed by atoms with van der Waals surface area (Å²) >= 11 is 0. The molecule has 1 N–H and O–H groups in total. The van der Waals surface area contributed by atoms with Crippen molar-refractivity contribution < 1.29 is 19.2 Å². The molecule has 2 rings (SSSR count). The van der Waals surface area contributed by atoms with E-state index >= 15 is 0 Å². The molecule has 19 heavy (non-hydrogen) atoms. The minimum absolute atomic E-state index is 0.0343. The molecule has 0 atom stereocenters. The van der Waals surface area contributed by atoms with E-state index in [1.54, 1.807) is 32.4 Å². The number of benzene rings is 1. The average Bonchev–Trinajstić information content (AvgIpc) is 2.46. The normalized spacial score (nSPS) is 16.3. The third-order valence-corrected chi connectivity index (χ3v) is 3.54. The minimum atomic E-state index is 0.0343. The lowest BCUT2D eigenvalue weighted by molar-refractivity contribution is -0.883. The van der Waals surface area contributed by atoms with Gasteiger partial charge in [-0.05, 0) is 12.1 Å². The molecule has 0 spiro atoms. The quantitative estimate of drug-likeness (QED) is 0.814. The van der Waals surface area contributed by atoms with Crippen LogP contribution < -0.4 is 14.4 Å². The first-order chi connectivity index (χ1) is 9.15. The third kappa shape index (κ3) is 2.98. The van der Waals surface area contributed by atoms with Crippen molar-refractivity contribution in [3.05, 3.63) is 23.8 Å². The molecule has 5 nitrogen and oxygen atoms in total. The fraction of sp³-hybridized carbons (Fsp3) is 0.500. The molecule has 1 aromatic carbocycles. The summed E-state index contributed by atoms with van der Waals surface area (Å²) < 4.78 is 10.4. The maximum atomic E-state index is 12.5. The van der Waals surface area contributed by atoms with Crippen LogP contribution in [0, 0.1) is 0 Å². The van der Waals surface area contributed by atoms with Crippen LogP contribution >= 0.6 is 0 Å². The summed E-state index contributed by atoms with van der Waals surface area (Å²) in [5.74, 6) is 1.29. The zero-order valence-electron chi connectivity index (χ0n) is 11.7. The Bertz CT molecular complexity index is 454. The molecule has 0 aliphatic carbocycles. The molecule has 1 aromatic rings. The van der Waals surface area contributed by atoms with Crippen molar-refractivity contribution in [1.29, 1.82) is 0 Å². The van der Waals surface area contributed by atoms with E-state index in [1.165, 1.54) is 4.90 Å². The molecule has 1 heterocycles. The molecule has 0 saturated carbocycles. The van der Waals surface area contributed by atoms with E-state index in [9.17, 15) is 4.79 Å². The number of hydrogen-bond donors (Lipinski definition) is 1. The number of nitrogens with one attached hydrogen (secondary N) is 1. The summed E-state index contributed by atoms with van der Waals surface area (Å²) in [5.41, 5.74) is 0.600. The van der Waals surface area contributed by atoms with Gasteiger partial charge in [0.2, 0.25) is 0 Å². The van der Waals surface area contributed by atoms with Crippen LogP contribution in [0.2, 0.25) is 0 Å². The Morgan fingerprint density at radius 3 is 2.47 bits per heavy atom. The van der Waals surface area contributed by atoms with Crippen LogP contribution in [0.1, 0.15) is 10.4 Å². The van der Waals surface area contributed by atoms with Crippen LogP contribution in [0.25, 0.3) is 0 Å². The van der Waals surface area contributed by atoms with Gasteiger partial charge in [0, 0.05) is 6.07 Å². The van der Waals surface area contributed by atoms with Crippen molar-refractivity contribution >= 4 is 5.91 Å². The Hall–Kier alpha value is -1.75. The van der Waals surface area contributed by atoms with E-state index in [4.69, 9.17) is 9.47 Å². The number of piperazine rings is 1. The van der Waals surface area contributed by atoms with Crippen LogP contribution in [0.4, 0.5) is 0 Å². The van der Waals surface area contributed by atoms with E-state index in [1.807, 2.05) is 4.90 Å². The highest BCUT2D eigenvalue weighted by atomic mass is 16.5. The molecule has 1 aliphatic heterocycles. The second kappa shape index (κ2) is 5.93. The smallest absolute Gasteiger partial charge is 0.258 e. The highest BCUT2D eigenvalue weighted by Crippen LogP contribution is 2.25. The predicted octanol–water partition coefficient (Wildman–Crippen LogP) is -0.326. The Morgan fingerprint density at radius 1 is 1.21 bits per heavy atom. The van der Waals surface area contributed by atoms with Crippen molar-refractivity contribution in [2.24, 2.45) is 0 Å². The number of ether oxygens (including phenoxy) is 2. The van der Waals surface area contributed by atoms with Gasteiger partial charge in [0.1, 0.15) is 11.5 Å². The van der Waals surface area contributed by atoms with E-state index < -0.39 is 0 Å². The van der Waals surface area contributed by atoms with Crippen LogP contribution in [0.3, 0.4) is 0 Å². The van der Waals surface area contributed by atoms with Crippen LogP contribution in [0.5, 0.6) is 11.5 Å². The van der Waals surface area contributed by atoms with Crippen molar-refractivity contribution in [2.45, 2.75) is 0 Å². The van der Waals surface area contributed by atoms with Gasteiger partial charge < -0.3 is 19.3 Å². The summed E-state index contributed by atoms with van der Waals surface area (Å²) in [6, 6.07) is 5.30. The lowest BCUT2D eigenvalue weighted by atomic mass is 10.1. The van der Waals surface area contributed by atoms with E-state index in [2.05, 4.69) is 7.05 Å². The lowest BCUT2D eigenvalue weighted by Crippen LogP contribution is -3.12. The summed E-state index contributed by atoms with van der Waals surface area (Å²) in [5, 5.41) is 0. The Kier molecular flexibility index (Phi) is 4.27. The summed E-state index contributed by atoms with van der Waals surface area (Å²) in [6.07, 6.45) is 0. The molecule has 0 bridgehead atoms. The van der Waals surface area contributed by atoms with Gasteiger partial charge in [-0.2, -0.15) is 0 Å². The summed E-state index contributed by atoms with van der Waals surface area (Å²) in [6.45, 7) is 3.56. The molecule has 104 valence electrons. The number of methoxy groups -OCH3 is 2. The third-order valence-electron chi connectivity index (χ3n) is 3.54. The first-order valence-electron chi connectivity index (χ1n) is 6.48. The van der Waals surface area contributed by atoms with Gasteiger partial charge in [-0.3, -0.25) is 4.79 Å². The van der Waals surface area contributed by atoms with Gasteiger partial charge in [-0.25, -0.2) is 0 Å². The van der Waals surface area contributed by atoms with Crippen molar-refractivity contribution in [1.82, 2.24) is 4.90 Å². The zero-order valence-corrected chi connectivity index (χ0v) is 11.7. The number of nitrogens with zero attached hydrogens (tertiary/aromatic N) is 1. The van der Waals surface area contributed by atoms with Gasteiger partial charge in [0.05, 0.1) is 53.0 Å². The predicted molar refractivity (Wildman–Crippen MR) is 72.1 cm³/mol. The standard InChI is InChI=1S/C14H20N2O3/c1-15-6-8-16(9-7-15)14(17)12-5-4-11(18-2)10-13(12)19-3/h4-5,10H,6-9H2,1-3H3/p+1. The molecular weight excluding hydrogens is 244 g/mol. The second-order valence-electron chi connectivity index (χ2n) is 4.82. The fourth-order valence-electron chi connectivity index (χ4n) is 2.24. The SMILES string of the molecule is COc1ccc(C(=O)N2CC[NH+](C)CC2)c(OC)c1. The lowest BCUT2D eigenvalue weighted by Gasteiger charge is -2.30. The van der Waals surface area contributed by atoms with Crippen LogP contribution in [-0.2, 0) is 0 Å². The van der Waals surface area contributed by atoms with E-state index in [0.29, 0.717) is 17.1 Å². The molecule has 0 radical (unpaired) electrons. The van der Waals surface area contributed by atoms with Gasteiger partial charge in [0.25, 0.3) is 5.91 Å². The number of carbonyl (C=O) groups excluding carboxylic acids is 1. The molecule has 5 heteroatoms. The molecule has 1 amide bonds. The first kappa shape index (κ1) is 13.7. The summed E-state index contributed by atoms with van der Waals surface area (Å²) in [7, 11) is 5.31. The van der Waals surface area contributed by atoms with Crippen LogP contribution in [-0.4, -0.2) is 58.3 Å². The van der Waals surface area contributed by atoms with Crippen molar-refractivity contribution in [3.8, 4) is 11.5 Å². The Morgan fingerprint density at radius 2 is 1.89 bits per heavy atom. The highest BCUT2D eigenvalue weighted by molar-refractivity contribution is 5.97. The largest absolute Gasteiger partial charge is 0.497 e. The topological polar surface area (TPSA) is 43.2 Å². The number of amides is 1. The fourth-order valence-corrected chi connectivity index (χ4v) is 2.24. The van der Waals surface area contributed by atoms with Crippen molar-refractivity contribution in [2.75, 3.05) is 47.4 Å². The Balaban J connectivity index is 2.18. The monoisotopic (exact) mass is 265 g/mol. The minimum Gasteiger partial charge on any atom is -0.497 e. The molecule has 0 unspecified atom stereocenters. The highest BCUT2D eigenvalue weighted by Gasteiger charge is 2.24. The zero-order chi connectivity index (χ0) is 13.8. The number of quaternary nitrogens is 1. The van der Waals surface area contributed by atoms with Gasteiger partial charge in [-0.1, -0.05) is 0 Å². The molecule has 1 aliphatic rings. The maximum absolute atomic E-state index is 12.5. The molecule has 1 saturated heterocycles. The average molecular weight is 265 g/mol. The van der Waals surface area contributed by atoms with Gasteiger partial charge in [0.15, 0.2) is 0 Å². The molecule has 1 fully saturated rings.